The van der Waals surface area contributed by atoms with Crippen LogP contribution in [-0.4, -0.2) is 28.7 Å². The van der Waals surface area contributed by atoms with Crippen molar-refractivity contribution in [2.45, 2.75) is 93.9 Å². The molecular weight excluding hydrogens is 465 g/mol. The van der Waals surface area contributed by atoms with Gasteiger partial charge >= 0.3 is 6.18 Å². The molecule has 0 aromatic carbocycles. The van der Waals surface area contributed by atoms with E-state index in [1.54, 1.807) is 6.07 Å². The number of hydrogen-bond donors (Lipinski definition) is 1. The van der Waals surface area contributed by atoms with Crippen molar-refractivity contribution in [3.05, 3.63) is 58.7 Å². The largest absolute Gasteiger partial charge is 0.434 e. The van der Waals surface area contributed by atoms with Gasteiger partial charge in [-0.25, -0.2) is 0 Å². The van der Waals surface area contributed by atoms with Gasteiger partial charge in [0, 0.05) is 36.7 Å². The van der Waals surface area contributed by atoms with Gasteiger partial charge in [0.1, 0.15) is 6.07 Å². The van der Waals surface area contributed by atoms with Gasteiger partial charge in [0.2, 0.25) is 0 Å². The molecule has 1 N–H and O–H groups in total. The summed E-state index contributed by atoms with van der Waals surface area (Å²) in [5, 5.41) is 12.5. The standard InChI is InChI=1S/C28H33F3N4O/c29-28(30,31)25-23(15-32)14-20(17-35-25)16-33-12-10-26(11-13-36-27(19-26)8-1-2-9-27)24-7-6-22(18-34-24)21-4-3-5-21/h6-7,14,17-18,21,33H,1-5,8-13,16,19H2/t26-/m0/s1. The molecule has 8 heteroatoms. The lowest BCUT2D eigenvalue weighted by Crippen LogP contribution is -2.47. The summed E-state index contributed by atoms with van der Waals surface area (Å²) in [5.41, 5.74) is 1.30. The lowest BCUT2D eigenvalue weighted by molar-refractivity contribution is -0.141. The van der Waals surface area contributed by atoms with Gasteiger partial charge in [0.15, 0.2) is 5.69 Å². The van der Waals surface area contributed by atoms with Gasteiger partial charge in [-0.2, -0.15) is 18.4 Å². The van der Waals surface area contributed by atoms with Crippen molar-refractivity contribution in [2.75, 3.05) is 13.2 Å². The minimum absolute atomic E-state index is 0.0639. The number of hydrogen-bond acceptors (Lipinski definition) is 5. The maximum Gasteiger partial charge on any atom is 0.434 e. The monoisotopic (exact) mass is 498 g/mol. The number of nitriles is 1. The minimum atomic E-state index is -4.64. The summed E-state index contributed by atoms with van der Waals surface area (Å²) in [6.45, 7) is 1.76. The van der Waals surface area contributed by atoms with Crippen molar-refractivity contribution in [3.8, 4) is 6.07 Å². The molecule has 36 heavy (non-hydrogen) atoms. The molecule has 5 rings (SSSR count). The van der Waals surface area contributed by atoms with Crippen LogP contribution in [0, 0.1) is 11.3 Å². The van der Waals surface area contributed by atoms with Crippen LogP contribution in [0.1, 0.15) is 98.2 Å². The molecule has 5 nitrogen and oxygen atoms in total. The Bertz CT molecular complexity index is 1100. The van der Waals surface area contributed by atoms with E-state index in [1.165, 1.54) is 49.9 Å². The first-order valence-corrected chi connectivity index (χ1v) is 13.1. The minimum Gasteiger partial charge on any atom is -0.375 e. The van der Waals surface area contributed by atoms with Gasteiger partial charge in [-0.15, -0.1) is 0 Å². The Kier molecular flexibility index (Phi) is 7.06. The predicted molar refractivity (Wildman–Crippen MR) is 129 cm³/mol. The molecule has 1 spiro atoms. The summed E-state index contributed by atoms with van der Waals surface area (Å²) in [5.74, 6) is 0.649. The van der Waals surface area contributed by atoms with Crippen LogP contribution in [0.4, 0.5) is 13.2 Å². The Morgan fingerprint density at radius 2 is 1.89 bits per heavy atom. The third-order valence-corrected chi connectivity index (χ3v) is 8.51. The molecule has 0 unspecified atom stereocenters. The number of ether oxygens (including phenoxy) is 1. The Hall–Kier alpha value is -2.50. The molecule has 2 saturated carbocycles. The van der Waals surface area contributed by atoms with E-state index in [4.69, 9.17) is 15.0 Å². The van der Waals surface area contributed by atoms with Crippen LogP contribution in [0.2, 0.25) is 0 Å². The molecule has 0 bridgehead atoms. The quantitative estimate of drug-likeness (QED) is 0.462. The van der Waals surface area contributed by atoms with E-state index in [1.807, 2.05) is 0 Å². The van der Waals surface area contributed by atoms with Crippen molar-refractivity contribution in [1.29, 1.82) is 5.26 Å². The smallest absolute Gasteiger partial charge is 0.375 e. The second kappa shape index (κ2) is 10.1. The zero-order valence-corrected chi connectivity index (χ0v) is 20.5. The lowest BCUT2D eigenvalue weighted by atomic mass is 9.67. The van der Waals surface area contributed by atoms with Crippen molar-refractivity contribution in [1.82, 2.24) is 15.3 Å². The summed E-state index contributed by atoms with van der Waals surface area (Å²) >= 11 is 0. The zero-order valence-electron chi connectivity index (χ0n) is 20.5. The van der Waals surface area contributed by atoms with Crippen LogP contribution < -0.4 is 5.32 Å². The van der Waals surface area contributed by atoms with Crippen LogP contribution in [0.15, 0.2) is 30.6 Å². The molecular formula is C28H33F3N4O. The first kappa shape index (κ1) is 25.2. The first-order valence-electron chi connectivity index (χ1n) is 13.1. The van der Waals surface area contributed by atoms with Gasteiger partial charge in [-0.3, -0.25) is 9.97 Å². The van der Waals surface area contributed by atoms with Gasteiger partial charge in [0.25, 0.3) is 0 Å². The molecule has 1 saturated heterocycles. The number of aromatic nitrogens is 2. The molecule has 192 valence electrons. The van der Waals surface area contributed by atoms with Crippen molar-refractivity contribution in [2.24, 2.45) is 0 Å². The molecule has 1 aliphatic heterocycles. The summed E-state index contributed by atoms with van der Waals surface area (Å²) in [6.07, 6.45) is 9.76. The fraction of sp³-hybridized carbons (Fsp3) is 0.607. The predicted octanol–water partition coefficient (Wildman–Crippen LogP) is 6.18. The summed E-state index contributed by atoms with van der Waals surface area (Å²) in [7, 11) is 0. The molecule has 2 aromatic rings. The fourth-order valence-electron chi connectivity index (χ4n) is 6.30. The highest BCUT2D eigenvalue weighted by Crippen LogP contribution is 2.50. The summed E-state index contributed by atoms with van der Waals surface area (Å²) in [6, 6.07) is 7.39. The molecule has 3 aliphatic rings. The van der Waals surface area contributed by atoms with E-state index in [0.29, 0.717) is 24.6 Å². The van der Waals surface area contributed by atoms with Gasteiger partial charge in [-0.05, 0) is 80.7 Å². The number of rotatable bonds is 7. The second-order valence-corrected chi connectivity index (χ2v) is 10.8. The van der Waals surface area contributed by atoms with Crippen molar-refractivity contribution >= 4 is 0 Å². The Labute approximate surface area is 210 Å². The maximum atomic E-state index is 13.1. The first-order chi connectivity index (χ1) is 17.3. The van der Waals surface area contributed by atoms with Crippen molar-refractivity contribution < 1.29 is 17.9 Å². The molecule has 3 fully saturated rings. The summed E-state index contributed by atoms with van der Waals surface area (Å²) in [4.78, 5) is 8.51. The van der Waals surface area contributed by atoms with E-state index in [9.17, 15) is 13.2 Å². The van der Waals surface area contributed by atoms with E-state index in [2.05, 4.69) is 28.6 Å². The molecule has 0 amide bonds. The number of nitrogens with one attached hydrogen (secondary N) is 1. The van der Waals surface area contributed by atoms with Crippen LogP contribution in [0.3, 0.4) is 0 Å². The van der Waals surface area contributed by atoms with Crippen LogP contribution >= 0.6 is 0 Å². The lowest BCUT2D eigenvalue weighted by Gasteiger charge is -2.46. The normalized spacial score (nSPS) is 23.9. The molecule has 2 aliphatic carbocycles. The average Bonchev–Trinajstić information content (AvgIpc) is 3.27. The Balaban J connectivity index is 1.29. The number of halogens is 3. The molecule has 1 atom stereocenters. The zero-order chi connectivity index (χ0) is 25.2. The van der Waals surface area contributed by atoms with E-state index in [0.717, 1.165) is 44.4 Å². The van der Waals surface area contributed by atoms with E-state index >= 15 is 0 Å². The third-order valence-electron chi connectivity index (χ3n) is 8.51. The number of nitrogens with zero attached hydrogens (tertiary/aromatic N) is 3. The van der Waals surface area contributed by atoms with Gasteiger partial charge < -0.3 is 10.1 Å². The third kappa shape index (κ3) is 5.14. The van der Waals surface area contributed by atoms with Gasteiger partial charge in [0.05, 0.1) is 11.2 Å². The maximum absolute atomic E-state index is 13.1. The number of pyridine rings is 2. The highest BCUT2D eigenvalue weighted by atomic mass is 19.4. The highest BCUT2D eigenvalue weighted by molar-refractivity contribution is 5.37. The fourth-order valence-corrected chi connectivity index (χ4v) is 6.30. The van der Waals surface area contributed by atoms with E-state index < -0.39 is 17.4 Å². The Morgan fingerprint density at radius 1 is 1.08 bits per heavy atom. The number of alkyl halides is 3. The van der Waals surface area contributed by atoms with Crippen LogP contribution in [-0.2, 0) is 22.9 Å². The van der Waals surface area contributed by atoms with E-state index in [-0.39, 0.29) is 11.0 Å². The topological polar surface area (TPSA) is 70.8 Å². The summed E-state index contributed by atoms with van der Waals surface area (Å²) < 4.78 is 45.5. The van der Waals surface area contributed by atoms with Crippen molar-refractivity contribution in [3.63, 3.8) is 0 Å². The van der Waals surface area contributed by atoms with Crippen LogP contribution in [0.25, 0.3) is 0 Å². The van der Waals surface area contributed by atoms with Crippen LogP contribution in [0.5, 0.6) is 0 Å². The Morgan fingerprint density at radius 3 is 2.53 bits per heavy atom. The SMILES string of the molecule is N#Cc1cc(CNCC[C@]2(c3ccc(C4CCC4)cn3)CCOC3(CCCC3)C2)cnc1C(F)(F)F. The van der Waals surface area contributed by atoms with Gasteiger partial charge in [-0.1, -0.05) is 25.3 Å². The average molecular weight is 499 g/mol. The molecule has 0 radical (unpaired) electrons. The highest BCUT2D eigenvalue weighted by Gasteiger charge is 2.48. The second-order valence-electron chi connectivity index (χ2n) is 10.8. The molecule has 3 heterocycles. The molecule has 2 aromatic heterocycles.